The van der Waals surface area contributed by atoms with Crippen molar-refractivity contribution in [3.8, 4) is 5.75 Å². The third-order valence-corrected chi connectivity index (χ3v) is 1.97. The highest BCUT2D eigenvalue weighted by Crippen LogP contribution is 2.35. The van der Waals surface area contributed by atoms with Crippen molar-refractivity contribution in [1.82, 2.24) is 0 Å². The maximum atomic E-state index is 11.9. The molecule has 0 atom stereocenters. The fourth-order valence-corrected chi connectivity index (χ4v) is 1.25. The minimum atomic E-state index is -3.22. The topological polar surface area (TPSA) is 69.4 Å². The first-order chi connectivity index (χ1) is 7.47. The average molecular weight is 252 g/mol. The molecule has 0 spiro atoms. The molecule has 0 N–H and O–H groups in total. The molecule has 0 aliphatic heterocycles. The smallest absolute Gasteiger partial charge is 0.387 e. The summed E-state index contributed by atoms with van der Waals surface area (Å²) in [5, 5.41) is 10.4. The first-order valence-corrected chi connectivity index (χ1v) is 4.22. The van der Waals surface area contributed by atoms with Crippen LogP contribution < -0.4 is 4.74 Å². The molecule has 0 aliphatic rings. The van der Waals surface area contributed by atoms with Gasteiger partial charge in [-0.25, -0.2) is 0 Å². The monoisotopic (exact) mass is 251 g/mol. The summed E-state index contributed by atoms with van der Waals surface area (Å²) in [4.78, 5) is 20.2. The highest BCUT2D eigenvalue weighted by molar-refractivity contribution is 6.33. The number of nitrogens with zero attached hydrogens (tertiary/aromatic N) is 1. The zero-order valence-corrected chi connectivity index (χ0v) is 8.28. The Balaban J connectivity index is 3.38. The van der Waals surface area contributed by atoms with Gasteiger partial charge in [-0.3, -0.25) is 14.9 Å². The second kappa shape index (κ2) is 4.84. The lowest BCUT2D eigenvalue weighted by Crippen LogP contribution is -2.06. The molecule has 5 nitrogen and oxygen atoms in total. The van der Waals surface area contributed by atoms with E-state index in [4.69, 9.17) is 11.6 Å². The molecule has 1 aromatic carbocycles. The number of ether oxygens (including phenoxy) is 1. The number of carbonyl (C=O) groups excluding carboxylic acids is 1. The number of hydrogen-bond acceptors (Lipinski definition) is 4. The normalized spacial score (nSPS) is 10.2. The molecule has 0 unspecified atom stereocenters. The fourth-order valence-electron chi connectivity index (χ4n) is 1.05. The second-order valence-corrected chi connectivity index (χ2v) is 2.97. The fraction of sp³-hybridized carbons (Fsp3) is 0.125. The molecule has 16 heavy (non-hydrogen) atoms. The summed E-state index contributed by atoms with van der Waals surface area (Å²) in [6.45, 7) is -3.22. The number of alkyl halides is 2. The molecule has 0 radical (unpaired) electrons. The van der Waals surface area contributed by atoms with Gasteiger partial charge in [-0.2, -0.15) is 8.78 Å². The Morgan fingerprint density at radius 1 is 1.50 bits per heavy atom. The summed E-state index contributed by atoms with van der Waals surface area (Å²) < 4.78 is 27.8. The molecule has 0 heterocycles. The van der Waals surface area contributed by atoms with Crippen LogP contribution in [0.4, 0.5) is 14.5 Å². The zero-order valence-electron chi connectivity index (χ0n) is 7.52. The quantitative estimate of drug-likeness (QED) is 0.469. The Hall–Kier alpha value is -1.76. The summed E-state index contributed by atoms with van der Waals surface area (Å²) in [5.74, 6) is -0.702. The van der Waals surface area contributed by atoms with Gasteiger partial charge >= 0.3 is 12.3 Å². The van der Waals surface area contributed by atoms with Crippen LogP contribution >= 0.6 is 11.6 Å². The van der Waals surface area contributed by atoms with Gasteiger partial charge in [0.25, 0.3) is 0 Å². The van der Waals surface area contributed by atoms with Crippen molar-refractivity contribution in [2.75, 3.05) is 0 Å². The van der Waals surface area contributed by atoms with E-state index in [1.54, 1.807) is 0 Å². The molecule has 0 bridgehead atoms. The van der Waals surface area contributed by atoms with Gasteiger partial charge in [0.15, 0.2) is 6.29 Å². The highest BCUT2D eigenvalue weighted by atomic mass is 35.5. The first-order valence-electron chi connectivity index (χ1n) is 3.84. The molecule has 0 aromatic heterocycles. The molecule has 1 rings (SSSR count). The maximum Gasteiger partial charge on any atom is 0.387 e. The lowest BCUT2D eigenvalue weighted by atomic mass is 10.2. The summed E-state index contributed by atoms with van der Waals surface area (Å²) in [7, 11) is 0. The Kier molecular flexibility index (Phi) is 3.73. The minimum absolute atomic E-state index is 0.110. The van der Waals surface area contributed by atoms with Crippen molar-refractivity contribution in [3.63, 3.8) is 0 Å². The molecular formula is C8H4ClF2NO4. The van der Waals surface area contributed by atoms with Gasteiger partial charge in [0.1, 0.15) is 5.56 Å². The molecule has 86 valence electrons. The third-order valence-electron chi connectivity index (χ3n) is 1.64. The Labute approximate surface area is 92.7 Å². The van der Waals surface area contributed by atoms with Gasteiger partial charge in [-0.05, 0) is 12.1 Å². The summed E-state index contributed by atoms with van der Waals surface area (Å²) in [6, 6.07) is 1.97. The summed E-state index contributed by atoms with van der Waals surface area (Å²) >= 11 is 5.50. The molecule has 0 amide bonds. The molecule has 0 fully saturated rings. The third kappa shape index (κ3) is 2.43. The minimum Gasteiger partial charge on any atom is -0.427 e. The van der Waals surface area contributed by atoms with Crippen LogP contribution in [0.15, 0.2) is 12.1 Å². The predicted octanol–water partition coefficient (Wildman–Crippen LogP) is 2.66. The lowest BCUT2D eigenvalue weighted by Gasteiger charge is -2.06. The van der Waals surface area contributed by atoms with Crippen molar-refractivity contribution in [2.45, 2.75) is 6.61 Å². The van der Waals surface area contributed by atoms with Crippen molar-refractivity contribution >= 4 is 23.6 Å². The van der Waals surface area contributed by atoms with Crippen molar-refractivity contribution < 1.29 is 23.2 Å². The van der Waals surface area contributed by atoms with Crippen LogP contribution in [0.2, 0.25) is 5.02 Å². The Morgan fingerprint density at radius 2 is 2.12 bits per heavy atom. The number of halogens is 3. The summed E-state index contributed by atoms with van der Waals surface area (Å²) in [5.41, 5.74) is -1.37. The van der Waals surface area contributed by atoms with Gasteiger partial charge in [-0.15, -0.1) is 0 Å². The Bertz CT molecular complexity index is 438. The molecule has 0 saturated carbocycles. The van der Waals surface area contributed by atoms with E-state index in [2.05, 4.69) is 4.74 Å². The highest BCUT2D eigenvalue weighted by Gasteiger charge is 2.25. The molecule has 0 aliphatic carbocycles. The SMILES string of the molecule is O=Cc1c(Cl)ccc(OC(F)F)c1[N+](=O)[O-]. The van der Waals surface area contributed by atoms with E-state index in [9.17, 15) is 23.7 Å². The van der Waals surface area contributed by atoms with Crippen molar-refractivity contribution in [2.24, 2.45) is 0 Å². The van der Waals surface area contributed by atoms with Crippen LogP contribution in [0.25, 0.3) is 0 Å². The second-order valence-electron chi connectivity index (χ2n) is 2.56. The summed E-state index contributed by atoms with van der Waals surface area (Å²) in [6.07, 6.45) is 0.110. The molecule has 1 aromatic rings. The number of nitro groups is 1. The van der Waals surface area contributed by atoms with E-state index in [1.807, 2.05) is 0 Å². The van der Waals surface area contributed by atoms with Crippen LogP contribution in [0, 0.1) is 10.1 Å². The van der Waals surface area contributed by atoms with Gasteiger partial charge in [-0.1, -0.05) is 11.6 Å². The average Bonchev–Trinajstić information content (AvgIpc) is 2.18. The van der Waals surface area contributed by atoms with E-state index in [0.717, 1.165) is 12.1 Å². The zero-order chi connectivity index (χ0) is 12.3. The van der Waals surface area contributed by atoms with Gasteiger partial charge in [0.2, 0.25) is 5.75 Å². The van der Waals surface area contributed by atoms with E-state index in [-0.39, 0.29) is 11.3 Å². The van der Waals surface area contributed by atoms with Gasteiger partial charge in [0, 0.05) is 0 Å². The predicted molar refractivity (Wildman–Crippen MR) is 50.1 cm³/mol. The van der Waals surface area contributed by atoms with E-state index >= 15 is 0 Å². The van der Waals surface area contributed by atoms with Crippen LogP contribution in [0.5, 0.6) is 5.75 Å². The van der Waals surface area contributed by atoms with Crippen LogP contribution in [0.3, 0.4) is 0 Å². The standard InChI is InChI=1S/C8H4ClF2NO4/c9-5-1-2-6(16-8(10)11)7(12(14)15)4(5)3-13/h1-3,8H. The lowest BCUT2D eigenvalue weighted by molar-refractivity contribution is -0.386. The van der Waals surface area contributed by atoms with Crippen LogP contribution in [0.1, 0.15) is 10.4 Å². The molecular weight excluding hydrogens is 248 g/mol. The van der Waals surface area contributed by atoms with E-state index in [0.29, 0.717) is 0 Å². The number of carbonyl (C=O) groups is 1. The van der Waals surface area contributed by atoms with Crippen molar-refractivity contribution in [1.29, 1.82) is 0 Å². The molecule has 8 heteroatoms. The first kappa shape index (κ1) is 12.3. The van der Waals surface area contributed by atoms with Crippen LogP contribution in [-0.4, -0.2) is 17.8 Å². The number of aldehydes is 1. The number of hydrogen-bond donors (Lipinski definition) is 0. The largest absolute Gasteiger partial charge is 0.427 e. The van der Waals surface area contributed by atoms with Gasteiger partial charge in [0.05, 0.1) is 9.95 Å². The molecule has 0 saturated heterocycles. The van der Waals surface area contributed by atoms with Crippen molar-refractivity contribution in [3.05, 3.63) is 32.8 Å². The number of benzene rings is 1. The van der Waals surface area contributed by atoms with Crippen LogP contribution in [-0.2, 0) is 0 Å². The maximum absolute atomic E-state index is 11.9. The van der Waals surface area contributed by atoms with E-state index in [1.165, 1.54) is 0 Å². The number of nitro benzene ring substituents is 1. The van der Waals surface area contributed by atoms with Gasteiger partial charge < -0.3 is 4.74 Å². The van der Waals surface area contributed by atoms with E-state index < -0.39 is 28.5 Å². The number of rotatable bonds is 4. The Morgan fingerprint density at radius 3 is 2.56 bits per heavy atom.